The van der Waals surface area contributed by atoms with Crippen molar-refractivity contribution in [2.45, 2.75) is 0 Å². The number of ether oxygens (including phenoxy) is 1. The first kappa shape index (κ1) is 18.4. The summed E-state index contributed by atoms with van der Waals surface area (Å²) in [6.07, 6.45) is 3.20. The Morgan fingerprint density at radius 2 is 1.81 bits per heavy atom. The highest BCUT2D eigenvalue weighted by Gasteiger charge is 2.20. The fourth-order valence-electron chi connectivity index (χ4n) is 2.97. The Bertz CT molecular complexity index is 841. The third-order valence-corrected chi connectivity index (χ3v) is 4.53. The first-order valence-corrected chi connectivity index (χ1v) is 8.67. The lowest BCUT2D eigenvalue weighted by Gasteiger charge is -2.35. The molecule has 0 radical (unpaired) electrons. The van der Waals surface area contributed by atoms with Crippen LogP contribution in [0.3, 0.4) is 0 Å². The maximum atomic E-state index is 12.4. The molecule has 0 bridgehead atoms. The molecule has 1 fully saturated rings. The standard InChI is InChI=1S/C20H21N3O4/c1-27-19-4-2-3-18(15-19)21-11-13-22(14-12-21)20(24)10-7-16-5-8-17(9-6-16)23(25)26/h2-10,15H,11-14H2,1H3/b10-7+. The normalized spacial score (nSPS) is 14.4. The van der Waals surface area contributed by atoms with Gasteiger partial charge in [0, 0.05) is 56.1 Å². The monoisotopic (exact) mass is 367 g/mol. The minimum Gasteiger partial charge on any atom is -0.497 e. The molecule has 0 unspecified atom stereocenters. The predicted octanol–water partition coefficient (Wildman–Crippen LogP) is 2.97. The summed E-state index contributed by atoms with van der Waals surface area (Å²) in [6, 6.07) is 14.0. The molecule has 0 aromatic heterocycles. The van der Waals surface area contributed by atoms with Crippen molar-refractivity contribution >= 4 is 23.4 Å². The van der Waals surface area contributed by atoms with Crippen molar-refractivity contribution in [1.82, 2.24) is 4.90 Å². The maximum Gasteiger partial charge on any atom is 0.269 e. The van der Waals surface area contributed by atoms with Gasteiger partial charge in [-0.3, -0.25) is 14.9 Å². The predicted molar refractivity (Wildman–Crippen MR) is 104 cm³/mol. The summed E-state index contributed by atoms with van der Waals surface area (Å²) in [5.74, 6) is 0.760. The van der Waals surface area contributed by atoms with Crippen LogP contribution in [0.25, 0.3) is 6.08 Å². The number of nitro groups is 1. The summed E-state index contributed by atoms with van der Waals surface area (Å²) in [5.41, 5.74) is 1.87. The van der Waals surface area contributed by atoms with E-state index < -0.39 is 4.92 Å². The summed E-state index contributed by atoms with van der Waals surface area (Å²) in [7, 11) is 1.65. The smallest absolute Gasteiger partial charge is 0.269 e. The number of hydrogen-bond donors (Lipinski definition) is 0. The zero-order valence-corrected chi connectivity index (χ0v) is 15.1. The number of rotatable bonds is 5. The van der Waals surface area contributed by atoms with Crippen LogP contribution >= 0.6 is 0 Å². The molecule has 140 valence electrons. The summed E-state index contributed by atoms with van der Waals surface area (Å²) in [5, 5.41) is 10.7. The molecular weight excluding hydrogens is 346 g/mol. The largest absolute Gasteiger partial charge is 0.497 e. The van der Waals surface area contributed by atoms with Gasteiger partial charge in [-0.15, -0.1) is 0 Å². The van der Waals surface area contributed by atoms with Crippen molar-refractivity contribution in [3.8, 4) is 5.75 Å². The Labute approximate surface area is 157 Å². The van der Waals surface area contributed by atoms with Gasteiger partial charge in [0.1, 0.15) is 5.75 Å². The van der Waals surface area contributed by atoms with Gasteiger partial charge in [0.25, 0.3) is 5.69 Å². The third kappa shape index (κ3) is 4.63. The van der Waals surface area contributed by atoms with Crippen LogP contribution in [-0.2, 0) is 4.79 Å². The zero-order valence-electron chi connectivity index (χ0n) is 15.1. The van der Waals surface area contributed by atoms with Crippen LogP contribution in [0.15, 0.2) is 54.6 Å². The molecule has 2 aromatic carbocycles. The van der Waals surface area contributed by atoms with Crippen LogP contribution in [0, 0.1) is 10.1 Å². The number of non-ortho nitro benzene ring substituents is 1. The average Bonchev–Trinajstić information content (AvgIpc) is 2.72. The Balaban J connectivity index is 1.55. The number of nitro benzene ring substituents is 1. The summed E-state index contributed by atoms with van der Waals surface area (Å²) < 4.78 is 5.26. The van der Waals surface area contributed by atoms with E-state index in [-0.39, 0.29) is 11.6 Å². The highest BCUT2D eigenvalue weighted by Crippen LogP contribution is 2.22. The Morgan fingerprint density at radius 1 is 1.11 bits per heavy atom. The van der Waals surface area contributed by atoms with E-state index in [4.69, 9.17) is 4.74 Å². The van der Waals surface area contributed by atoms with E-state index in [2.05, 4.69) is 4.90 Å². The van der Waals surface area contributed by atoms with Crippen molar-refractivity contribution in [2.75, 3.05) is 38.2 Å². The van der Waals surface area contributed by atoms with E-state index in [1.54, 1.807) is 30.2 Å². The van der Waals surface area contributed by atoms with Gasteiger partial charge in [0.2, 0.25) is 5.91 Å². The van der Waals surface area contributed by atoms with Crippen LogP contribution in [-0.4, -0.2) is 49.0 Å². The van der Waals surface area contributed by atoms with E-state index in [0.29, 0.717) is 13.1 Å². The van der Waals surface area contributed by atoms with Gasteiger partial charge in [-0.2, -0.15) is 0 Å². The molecule has 1 aliphatic rings. The van der Waals surface area contributed by atoms with Gasteiger partial charge in [0.15, 0.2) is 0 Å². The van der Waals surface area contributed by atoms with Crippen molar-refractivity contribution < 1.29 is 14.5 Å². The fraction of sp³-hybridized carbons (Fsp3) is 0.250. The van der Waals surface area contributed by atoms with E-state index in [1.807, 2.05) is 24.3 Å². The number of benzene rings is 2. The van der Waals surface area contributed by atoms with Crippen LogP contribution in [0.2, 0.25) is 0 Å². The summed E-state index contributed by atoms with van der Waals surface area (Å²) in [6.45, 7) is 2.79. The maximum absolute atomic E-state index is 12.4. The van der Waals surface area contributed by atoms with Crippen LogP contribution in [0.5, 0.6) is 5.75 Å². The fourth-order valence-corrected chi connectivity index (χ4v) is 2.97. The van der Waals surface area contributed by atoms with E-state index in [9.17, 15) is 14.9 Å². The molecule has 0 N–H and O–H groups in total. The highest BCUT2D eigenvalue weighted by atomic mass is 16.6. The van der Waals surface area contributed by atoms with Crippen molar-refractivity contribution in [3.63, 3.8) is 0 Å². The van der Waals surface area contributed by atoms with Gasteiger partial charge in [-0.05, 0) is 35.9 Å². The molecule has 7 heteroatoms. The topological polar surface area (TPSA) is 75.9 Å². The lowest BCUT2D eigenvalue weighted by molar-refractivity contribution is -0.384. The highest BCUT2D eigenvalue weighted by molar-refractivity contribution is 5.92. The van der Waals surface area contributed by atoms with Gasteiger partial charge in [-0.25, -0.2) is 0 Å². The molecule has 1 heterocycles. The lowest BCUT2D eigenvalue weighted by Crippen LogP contribution is -2.48. The number of carbonyl (C=O) groups excluding carboxylic acids is 1. The van der Waals surface area contributed by atoms with Crippen molar-refractivity contribution in [1.29, 1.82) is 0 Å². The van der Waals surface area contributed by atoms with Gasteiger partial charge >= 0.3 is 0 Å². The Morgan fingerprint density at radius 3 is 2.44 bits per heavy atom. The zero-order chi connectivity index (χ0) is 19.2. The van der Waals surface area contributed by atoms with E-state index >= 15 is 0 Å². The van der Waals surface area contributed by atoms with Crippen LogP contribution < -0.4 is 9.64 Å². The molecule has 0 atom stereocenters. The third-order valence-electron chi connectivity index (χ3n) is 4.53. The summed E-state index contributed by atoms with van der Waals surface area (Å²) >= 11 is 0. The molecule has 3 rings (SSSR count). The number of piperazine rings is 1. The van der Waals surface area contributed by atoms with Crippen LogP contribution in [0.4, 0.5) is 11.4 Å². The van der Waals surface area contributed by atoms with Crippen molar-refractivity contribution in [3.05, 3.63) is 70.3 Å². The minimum absolute atomic E-state index is 0.0344. The molecule has 1 aliphatic heterocycles. The van der Waals surface area contributed by atoms with E-state index in [0.717, 1.165) is 30.1 Å². The minimum atomic E-state index is -0.444. The quantitative estimate of drug-likeness (QED) is 0.461. The number of anilines is 1. The van der Waals surface area contributed by atoms with E-state index in [1.165, 1.54) is 18.2 Å². The van der Waals surface area contributed by atoms with Crippen LogP contribution in [0.1, 0.15) is 5.56 Å². The molecule has 27 heavy (non-hydrogen) atoms. The second-order valence-electron chi connectivity index (χ2n) is 6.20. The molecule has 2 aromatic rings. The van der Waals surface area contributed by atoms with Gasteiger partial charge in [-0.1, -0.05) is 6.07 Å². The number of methoxy groups -OCH3 is 1. The second kappa shape index (κ2) is 8.35. The second-order valence-corrected chi connectivity index (χ2v) is 6.20. The van der Waals surface area contributed by atoms with Crippen molar-refractivity contribution in [2.24, 2.45) is 0 Å². The molecule has 0 spiro atoms. The molecule has 0 aliphatic carbocycles. The lowest BCUT2D eigenvalue weighted by atomic mass is 10.2. The number of nitrogens with zero attached hydrogens (tertiary/aromatic N) is 3. The van der Waals surface area contributed by atoms with Gasteiger partial charge in [0.05, 0.1) is 12.0 Å². The Kier molecular flexibility index (Phi) is 5.71. The van der Waals surface area contributed by atoms with Gasteiger partial charge < -0.3 is 14.5 Å². The first-order chi connectivity index (χ1) is 13.1. The first-order valence-electron chi connectivity index (χ1n) is 8.67. The molecule has 1 amide bonds. The number of amides is 1. The SMILES string of the molecule is COc1cccc(N2CCN(C(=O)/C=C/c3ccc([N+](=O)[O-])cc3)CC2)c1. The Hall–Kier alpha value is -3.35. The number of carbonyl (C=O) groups is 1. The molecule has 0 saturated carbocycles. The molecular formula is C20H21N3O4. The number of hydrogen-bond acceptors (Lipinski definition) is 5. The molecule has 1 saturated heterocycles. The average molecular weight is 367 g/mol. The molecule has 7 nitrogen and oxygen atoms in total. The summed E-state index contributed by atoms with van der Waals surface area (Å²) in [4.78, 5) is 26.6.